The molecular weight excluding hydrogens is 340 g/mol. The molecule has 0 atom stereocenters. The maximum Gasteiger partial charge on any atom is 0.207 e. The molecule has 0 amide bonds. The number of ketones is 1. The molecule has 27 heavy (non-hydrogen) atoms. The van der Waals surface area contributed by atoms with Gasteiger partial charge in [0.25, 0.3) is 0 Å². The number of hydrogen-bond donors (Lipinski definition) is 0. The van der Waals surface area contributed by atoms with Crippen LogP contribution in [0.3, 0.4) is 0 Å². The fraction of sp³-hybridized carbons (Fsp3) is 0.286. The average Bonchev–Trinajstić information content (AvgIpc) is 3.32. The van der Waals surface area contributed by atoms with E-state index in [0.29, 0.717) is 11.3 Å². The first kappa shape index (κ1) is 18.5. The number of aryl methyl sites for hydroxylation is 2. The predicted molar refractivity (Wildman–Crippen MR) is 103 cm³/mol. The highest BCUT2D eigenvalue weighted by Crippen LogP contribution is 2.25. The van der Waals surface area contributed by atoms with Crippen molar-refractivity contribution in [2.75, 3.05) is 0 Å². The lowest BCUT2D eigenvalue weighted by Gasteiger charge is -2.15. The molecule has 0 saturated heterocycles. The molecule has 0 fully saturated rings. The first-order valence-electron chi connectivity index (χ1n) is 8.78. The Kier molecular flexibility index (Phi) is 4.87. The third-order valence-corrected chi connectivity index (χ3v) is 4.61. The van der Waals surface area contributed by atoms with E-state index in [1.807, 2.05) is 36.7 Å². The highest BCUT2D eigenvalue weighted by Gasteiger charge is 2.19. The van der Waals surface area contributed by atoms with Crippen molar-refractivity contribution in [2.24, 2.45) is 0 Å². The fourth-order valence-corrected chi connectivity index (χ4v) is 3.24. The molecule has 0 aromatic carbocycles. The number of Topliss-reactive ketones (excluding diaryl/α,β-unsaturated/α-hetero) is 1. The van der Waals surface area contributed by atoms with Gasteiger partial charge in [-0.1, -0.05) is 0 Å². The van der Waals surface area contributed by atoms with Gasteiger partial charge in [-0.05, 0) is 58.4 Å². The molecule has 0 N–H and O–H groups in total. The quantitative estimate of drug-likeness (QED) is 0.379. The number of carbonyl (C=O) groups is 1. The standard InChI is InChI=1S/C21H22N4O2/c1-13(2)25-20(6-8-23-25)24-14(3)10-17(15(24)4)11-18(12-22)21(26)19-7-9-27-16(19)5/h6-11,13H,1-5H3/b18-11+. The normalized spacial score (nSPS) is 11.8. The van der Waals surface area contributed by atoms with E-state index in [0.717, 1.165) is 22.8 Å². The molecule has 0 bridgehead atoms. The van der Waals surface area contributed by atoms with E-state index in [1.165, 1.54) is 6.26 Å². The third-order valence-electron chi connectivity index (χ3n) is 4.61. The SMILES string of the molecule is Cc1occc1C(=O)/C(C#N)=C/c1cc(C)n(-c2ccnn2C(C)C)c1C. The average molecular weight is 362 g/mol. The van der Waals surface area contributed by atoms with Crippen LogP contribution in [0.25, 0.3) is 11.9 Å². The van der Waals surface area contributed by atoms with Gasteiger partial charge in [0.2, 0.25) is 5.78 Å². The highest BCUT2D eigenvalue weighted by atomic mass is 16.3. The molecule has 6 heteroatoms. The largest absolute Gasteiger partial charge is 0.469 e. The molecule has 6 nitrogen and oxygen atoms in total. The number of furan rings is 1. The van der Waals surface area contributed by atoms with Crippen LogP contribution in [0.1, 0.15) is 53.0 Å². The fourth-order valence-electron chi connectivity index (χ4n) is 3.24. The second-order valence-corrected chi connectivity index (χ2v) is 6.78. The Morgan fingerprint density at radius 2 is 2.04 bits per heavy atom. The van der Waals surface area contributed by atoms with Crippen LogP contribution in [0.15, 0.2) is 40.6 Å². The summed E-state index contributed by atoms with van der Waals surface area (Å²) >= 11 is 0. The molecule has 0 radical (unpaired) electrons. The van der Waals surface area contributed by atoms with Crippen LogP contribution in [0, 0.1) is 32.1 Å². The molecule has 0 aliphatic carbocycles. The van der Waals surface area contributed by atoms with Crippen LogP contribution in [0.4, 0.5) is 0 Å². The van der Waals surface area contributed by atoms with Crippen LogP contribution >= 0.6 is 0 Å². The Morgan fingerprint density at radius 1 is 1.30 bits per heavy atom. The Bertz CT molecular complexity index is 1070. The Balaban J connectivity index is 2.07. The number of aromatic nitrogens is 3. The van der Waals surface area contributed by atoms with Crippen molar-refractivity contribution in [3.8, 4) is 11.9 Å². The lowest BCUT2D eigenvalue weighted by molar-refractivity contribution is 0.103. The Hall–Kier alpha value is -3.33. The van der Waals surface area contributed by atoms with Gasteiger partial charge in [-0.2, -0.15) is 10.4 Å². The minimum absolute atomic E-state index is 0.0807. The van der Waals surface area contributed by atoms with E-state index in [2.05, 4.69) is 23.5 Å². The first-order chi connectivity index (χ1) is 12.8. The minimum Gasteiger partial charge on any atom is -0.469 e. The predicted octanol–water partition coefficient (Wildman–Crippen LogP) is 4.56. The molecule has 0 aliphatic rings. The molecule has 0 spiro atoms. The van der Waals surface area contributed by atoms with Crippen LogP contribution in [0.5, 0.6) is 0 Å². The highest BCUT2D eigenvalue weighted by molar-refractivity contribution is 6.14. The van der Waals surface area contributed by atoms with Gasteiger partial charge in [-0.25, -0.2) is 4.68 Å². The Labute approximate surface area is 158 Å². The van der Waals surface area contributed by atoms with Crippen molar-refractivity contribution >= 4 is 11.9 Å². The second-order valence-electron chi connectivity index (χ2n) is 6.78. The third kappa shape index (κ3) is 3.24. The van der Waals surface area contributed by atoms with E-state index in [9.17, 15) is 10.1 Å². The van der Waals surface area contributed by atoms with E-state index in [1.54, 1.807) is 25.3 Å². The van der Waals surface area contributed by atoms with Crippen LogP contribution < -0.4 is 0 Å². The van der Waals surface area contributed by atoms with E-state index in [-0.39, 0.29) is 17.4 Å². The van der Waals surface area contributed by atoms with Gasteiger partial charge in [-0.15, -0.1) is 0 Å². The van der Waals surface area contributed by atoms with Crippen molar-refractivity contribution < 1.29 is 9.21 Å². The summed E-state index contributed by atoms with van der Waals surface area (Å²) in [5, 5.41) is 13.9. The van der Waals surface area contributed by atoms with Gasteiger partial charge >= 0.3 is 0 Å². The van der Waals surface area contributed by atoms with Crippen LogP contribution in [0.2, 0.25) is 0 Å². The lowest BCUT2D eigenvalue weighted by atomic mass is 10.0. The summed E-state index contributed by atoms with van der Waals surface area (Å²) in [4.78, 5) is 12.7. The summed E-state index contributed by atoms with van der Waals surface area (Å²) in [5.41, 5.74) is 3.27. The molecule has 3 rings (SSSR count). The monoisotopic (exact) mass is 362 g/mol. The maximum atomic E-state index is 12.7. The number of allylic oxidation sites excluding steroid dienone is 1. The molecular formula is C21H22N4O2. The van der Waals surface area contributed by atoms with Crippen molar-refractivity contribution in [3.05, 3.63) is 64.5 Å². The maximum absolute atomic E-state index is 12.7. The first-order valence-corrected chi connectivity index (χ1v) is 8.78. The number of nitrogens with zero attached hydrogens (tertiary/aromatic N) is 4. The molecule has 138 valence electrons. The zero-order valence-electron chi connectivity index (χ0n) is 16.1. The summed E-state index contributed by atoms with van der Waals surface area (Å²) in [7, 11) is 0. The molecule has 0 aliphatic heterocycles. The van der Waals surface area contributed by atoms with Crippen molar-refractivity contribution in [2.45, 2.75) is 40.7 Å². The summed E-state index contributed by atoms with van der Waals surface area (Å²) in [6.45, 7) is 9.83. The number of nitriles is 1. The summed E-state index contributed by atoms with van der Waals surface area (Å²) < 4.78 is 9.22. The zero-order chi connectivity index (χ0) is 19.7. The molecule has 3 aromatic heterocycles. The van der Waals surface area contributed by atoms with Gasteiger partial charge in [0.1, 0.15) is 23.2 Å². The summed E-state index contributed by atoms with van der Waals surface area (Å²) in [5.74, 6) is 1.13. The molecule has 0 unspecified atom stereocenters. The second kappa shape index (κ2) is 7.12. The summed E-state index contributed by atoms with van der Waals surface area (Å²) in [6, 6.07) is 7.77. The number of rotatable bonds is 5. The zero-order valence-corrected chi connectivity index (χ0v) is 16.1. The minimum atomic E-state index is -0.333. The Morgan fingerprint density at radius 3 is 2.63 bits per heavy atom. The smallest absolute Gasteiger partial charge is 0.207 e. The van der Waals surface area contributed by atoms with Crippen molar-refractivity contribution in [1.82, 2.24) is 14.3 Å². The lowest BCUT2D eigenvalue weighted by Crippen LogP contribution is -2.11. The van der Waals surface area contributed by atoms with E-state index >= 15 is 0 Å². The topological polar surface area (TPSA) is 76.8 Å². The van der Waals surface area contributed by atoms with Crippen molar-refractivity contribution in [3.63, 3.8) is 0 Å². The van der Waals surface area contributed by atoms with Gasteiger partial charge in [0, 0.05) is 23.5 Å². The van der Waals surface area contributed by atoms with Gasteiger partial charge in [0.15, 0.2) is 0 Å². The van der Waals surface area contributed by atoms with Crippen LogP contribution in [-0.2, 0) is 0 Å². The van der Waals surface area contributed by atoms with Gasteiger partial charge in [0.05, 0.1) is 18.0 Å². The van der Waals surface area contributed by atoms with Crippen LogP contribution in [-0.4, -0.2) is 20.1 Å². The van der Waals surface area contributed by atoms with E-state index < -0.39 is 0 Å². The number of hydrogen-bond acceptors (Lipinski definition) is 4. The van der Waals surface area contributed by atoms with Crippen molar-refractivity contribution in [1.29, 1.82) is 5.26 Å². The number of carbonyl (C=O) groups excluding carboxylic acids is 1. The molecule has 0 saturated carbocycles. The van der Waals surface area contributed by atoms with Gasteiger partial charge < -0.3 is 8.98 Å². The van der Waals surface area contributed by atoms with E-state index in [4.69, 9.17) is 4.42 Å². The molecule has 3 heterocycles. The molecule has 3 aromatic rings. The summed E-state index contributed by atoms with van der Waals surface area (Å²) in [6.07, 6.45) is 4.87. The van der Waals surface area contributed by atoms with Gasteiger partial charge in [-0.3, -0.25) is 4.79 Å².